The van der Waals surface area contributed by atoms with E-state index in [1.165, 1.54) is 30.4 Å². The van der Waals surface area contributed by atoms with Gasteiger partial charge in [-0.3, -0.25) is 0 Å². The Hall–Kier alpha value is -3.00. The molecule has 0 radical (unpaired) electrons. The molecular weight excluding hydrogens is 330 g/mol. The molecule has 0 aromatic heterocycles. The number of rotatable bonds is 4. The van der Waals surface area contributed by atoms with Gasteiger partial charge in [0, 0.05) is 16.9 Å². The first-order valence-corrected chi connectivity index (χ1v) is 9.59. The zero-order chi connectivity index (χ0) is 18.8. The van der Waals surface area contributed by atoms with Crippen molar-refractivity contribution in [3.63, 3.8) is 0 Å². The SMILES string of the molecule is C=C(Nc1ccc2c(c1)C(C)CCC2)c1ccc(-c2ccccc2O)cc1. The van der Waals surface area contributed by atoms with Crippen LogP contribution in [0.5, 0.6) is 5.75 Å². The van der Waals surface area contributed by atoms with E-state index in [1.807, 2.05) is 42.5 Å². The molecule has 0 amide bonds. The molecule has 2 nitrogen and oxygen atoms in total. The molecule has 0 spiro atoms. The third kappa shape index (κ3) is 3.61. The number of phenols is 1. The molecule has 0 heterocycles. The number of benzene rings is 3. The monoisotopic (exact) mass is 355 g/mol. The smallest absolute Gasteiger partial charge is 0.123 e. The Morgan fingerprint density at radius 3 is 2.59 bits per heavy atom. The van der Waals surface area contributed by atoms with E-state index in [0.29, 0.717) is 11.7 Å². The van der Waals surface area contributed by atoms with Crippen LogP contribution < -0.4 is 5.32 Å². The molecule has 0 aliphatic heterocycles. The molecule has 2 N–H and O–H groups in total. The van der Waals surface area contributed by atoms with Gasteiger partial charge in [0.2, 0.25) is 0 Å². The number of hydrogen-bond donors (Lipinski definition) is 2. The minimum absolute atomic E-state index is 0.297. The van der Waals surface area contributed by atoms with Gasteiger partial charge in [-0.05, 0) is 65.6 Å². The predicted octanol–water partition coefficient (Wildman–Crippen LogP) is 6.58. The van der Waals surface area contributed by atoms with E-state index in [4.69, 9.17) is 0 Å². The first kappa shape index (κ1) is 17.4. The van der Waals surface area contributed by atoms with Crippen molar-refractivity contribution in [2.24, 2.45) is 0 Å². The van der Waals surface area contributed by atoms with Gasteiger partial charge >= 0.3 is 0 Å². The van der Waals surface area contributed by atoms with Gasteiger partial charge in [-0.25, -0.2) is 0 Å². The molecule has 3 aromatic rings. The first-order valence-electron chi connectivity index (χ1n) is 9.59. The minimum atomic E-state index is 0.297. The van der Waals surface area contributed by atoms with Crippen LogP contribution in [0.4, 0.5) is 5.69 Å². The highest BCUT2D eigenvalue weighted by atomic mass is 16.3. The summed E-state index contributed by atoms with van der Waals surface area (Å²) in [5, 5.41) is 13.5. The van der Waals surface area contributed by atoms with Crippen LogP contribution in [-0.4, -0.2) is 5.11 Å². The lowest BCUT2D eigenvalue weighted by molar-refractivity contribution is 0.477. The molecule has 0 bridgehead atoms. The van der Waals surface area contributed by atoms with Crippen molar-refractivity contribution >= 4 is 11.4 Å². The summed E-state index contributed by atoms with van der Waals surface area (Å²) in [6, 6.07) is 22.2. The van der Waals surface area contributed by atoms with E-state index in [1.54, 1.807) is 6.07 Å². The summed E-state index contributed by atoms with van der Waals surface area (Å²) in [5.74, 6) is 0.923. The number of aryl methyl sites for hydroxylation is 1. The molecule has 2 heteroatoms. The third-order valence-corrected chi connectivity index (χ3v) is 5.50. The minimum Gasteiger partial charge on any atom is -0.507 e. The molecule has 4 rings (SSSR count). The van der Waals surface area contributed by atoms with Crippen LogP contribution in [0.15, 0.2) is 73.3 Å². The number of fused-ring (bicyclic) bond motifs is 1. The van der Waals surface area contributed by atoms with Crippen LogP contribution in [0, 0.1) is 0 Å². The van der Waals surface area contributed by atoms with Crippen LogP contribution in [0.3, 0.4) is 0 Å². The molecule has 0 saturated heterocycles. The van der Waals surface area contributed by atoms with Crippen molar-refractivity contribution in [1.82, 2.24) is 0 Å². The van der Waals surface area contributed by atoms with Gasteiger partial charge in [0.1, 0.15) is 5.75 Å². The summed E-state index contributed by atoms with van der Waals surface area (Å²) in [7, 11) is 0. The van der Waals surface area contributed by atoms with Crippen molar-refractivity contribution in [2.75, 3.05) is 5.32 Å². The highest BCUT2D eigenvalue weighted by Crippen LogP contribution is 2.34. The molecule has 1 aliphatic carbocycles. The molecule has 136 valence electrons. The molecule has 1 unspecified atom stereocenters. The molecule has 0 fully saturated rings. The standard InChI is InChI=1S/C25H25NO/c1-17-6-5-7-20-14-15-22(16-24(17)20)26-18(2)19-10-12-21(13-11-19)23-8-3-4-9-25(23)27/h3-4,8-17,26-27H,2,5-7H2,1H3. The van der Waals surface area contributed by atoms with Crippen molar-refractivity contribution in [1.29, 1.82) is 0 Å². The number of aromatic hydroxyl groups is 1. The van der Waals surface area contributed by atoms with E-state index in [-0.39, 0.29) is 0 Å². The van der Waals surface area contributed by atoms with Crippen LogP contribution in [-0.2, 0) is 6.42 Å². The van der Waals surface area contributed by atoms with E-state index in [2.05, 4.69) is 37.0 Å². The fourth-order valence-electron chi connectivity index (χ4n) is 3.93. The van der Waals surface area contributed by atoms with E-state index in [0.717, 1.165) is 28.1 Å². The largest absolute Gasteiger partial charge is 0.507 e. The highest BCUT2D eigenvalue weighted by Gasteiger charge is 2.16. The van der Waals surface area contributed by atoms with E-state index >= 15 is 0 Å². The van der Waals surface area contributed by atoms with Gasteiger partial charge in [0.15, 0.2) is 0 Å². The lowest BCUT2D eigenvalue weighted by atomic mass is 9.84. The van der Waals surface area contributed by atoms with Gasteiger partial charge in [0.05, 0.1) is 0 Å². The van der Waals surface area contributed by atoms with Crippen LogP contribution in [0.2, 0.25) is 0 Å². The predicted molar refractivity (Wildman–Crippen MR) is 114 cm³/mol. The first-order chi connectivity index (χ1) is 13.1. The number of para-hydroxylation sites is 1. The lowest BCUT2D eigenvalue weighted by Gasteiger charge is -2.23. The number of hydrogen-bond acceptors (Lipinski definition) is 2. The molecule has 27 heavy (non-hydrogen) atoms. The number of anilines is 1. The Morgan fingerprint density at radius 1 is 1.04 bits per heavy atom. The molecule has 1 aliphatic rings. The summed E-state index contributed by atoms with van der Waals surface area (Å²) in [5.41, 5.74) is 7.80. The van der Waals surface area contributed by atoms with Crippen molar-refractivity contribution in [3.8, 4) is 16.9 Å². The Bertz CT molecular complexity index is 972. The molecule has 0 saturated carbocycles. The summed E-state index contributed by atoms with van der Waals surface area (Å²) in [6.07, 6.45) is 3.75. The normalized spacial score (nSPS) is 15.8. The molecule has 1 atom stereocenters. The van der Waals surface area contributed by atoms with Crippen LogP contribution in [0.25, 0.3) is 16.8 Å². The Kier molecular flexibility index (Phi) is 4.72. The second-order valence-electron chi connectivity index (χ2n) is 7.40. The van der Waals surface area contributed by atoms with Crippen LogP contribution in [0.1, 0.15) is 42.4 Å². The summed E-state index contributed by atoms with van der Waals surface area (Å²) >= 11 is 0. The summed E-state index contributed by atoms with van der Waals surface area (Å²) in [6.45, 7) is 6.52. The fraction of sp³-hybridized carbons (Fsp3) is 0.200. The molecule has 3 aromatic carbocycles. The van der Waals surface area contributed by atoms with Crippen molar-refractivity contribution < 1.29 is 5.11 Å². The van der Waals surface area contributed by atoms with Crippen molar-refractivity contribution in [2.45, 2.75) is 32.1 Å². The molecular formula is C25H25NO. The van der Waals surface area contributed by atoms with Gasteiger partial charge in [-0.15, -0.1) is 0 Å². The quantitative estimate of drug-likeness (QED) is 0.554. The van der Waals surface area contributed by atoms with Crippen molar-refractivity contribution in [3.05, 3.63) is 90.0 Å². The average molecular weight is 355 g/mol. The van der Waals surface area contributed by atoms with E-state index < -0.39 is 0 Å². The number of nitrogens with one attached hydrogen (secondary N) is 1. The van der Waals surface area contributed by atoms with Gasteiger partial charge in [-0.1, -0.05) is 62.0 Å². The maximum atomic E-state index is 10.0. The maximum absolute atomic E-state index is 10.0. The zero-order valence-corrected chi connectivity index (χ0v) is 15.7. The highest BCUT2D eigenvalue weighted by molar-refractivity contribution is 5.78. The zero-order valence-electron chi connectivity index (χ0n) is 15.7. The summed E-state index contributed by atoms with van der Waals surface area (Å²) < 4.78 is 0. The summed E-state index contributed by atoms with van der Waals surface area (Å²) in [4.78, 5) is 0. The van der Waals surface area contributed by atoms with Crippen LogP contribution >= 0.6 is 0 Å². The Balaban J connectivity index is 1.52. The number of phenolic OH excluding ortho intramolecular Hbond substituents is 1. The second-order valence-corrected chi connectivity index (χ2v) is 7.40. The lowest BCUT2D eigenvalue weighted by Crippen LogP contribution is -2.08. The topological polar surface area (TPSA) is 32.3 Å². The maximum Gasteiger partial charge on any atom is 0.123 e. The second kappa shape index (κ2) is 7.32. The third-order valence-electron chi connectivity index (χ3n) is 5.50. The van der Waals surface area contributed by atoms with Gasteiger partial charge in [0.25, 0.3) is 0 Å². The Morgan fingerprint density at radius 2 is 1.81 bits per heavy atom. The van der Waals surface area contributed by atoms with Gasteiger partial charge < -0.3 is 10.4 Å². The van der Waals surface area contributed by atoms with Gasteiger partial charge in [-0.2, -0.15) is 0 Å². The average Bonchev–Trinajstić information content (AvgIpc) is 2.69. The Labute approximate surface area is 161 Å². The fourth-order valence-corrected chi connectivity index (χ4v) is 3.93. The van der Waals surface area contributed by atoms with E-state index in [9.17, 15) is 5.11 Å².